The van der Waals surface area contributed by atoms with Gasteiger partial charge in [0, 0.05) is 37.0 Å². The third kappa shape index (κ3) is 3.24. The predicted molar refractivity (Wildman–Crippen MR) is 80.1 cm³/mol. The van der Waals surface area contributed by atoms with Crippen LogP contribution >= 0.6 is 0 Å². The molecule has 1 N–H and O–H groups in total. The van der Waals surface area contributed by atoms with Gasteiger partial charge in [0.05, 0.1) is 5.69 Å². The lowest BCUT2D eigenvalue weighted by Crippen LogP contribution is -2.21. The number of nitrogens with zero attached hydrogens (tertiary/aromatic N) is 2. The highest BCUT2D eigenvalue weighted by atomic mass is 15.3. The molecule has 0 aliphatic carbocycles. The Kier molecular flexibility index (Phi) is 4.05. The number of aryl methyl sites for hydroxylation is 3. The van der Waals surface area contributed by atoms with Crippen molar-refractivity contribution in [3.8, 4) is 11.3 Å². The van der Waals surface area contributed by atoms with Gasteiger partial charge in [0.25, 0.3) is 0 Å². The van der Waals surface area contributed by atoms with Crippen LogP contribution in [0.4, 0.5) is 0 Å². The SMILES string of the molecule is Cc1ccc(-c2nn(C)cc2CNC(C)C)c(C)c1. The second-order valence-electron chi connectivity index (χ2n) is 5.53. The highest BCUT2D eigenvalue weighted by molar-refractivity contribution is 5.66. The molecular formula is C16H23N3. The van der Waals surface area contributed by atoms with Crippen molar-refractivity contribution in [2.45, 2.75) is 40.3 Å². The van der Waals surface area contributed by atoms with E-state index in [9.17, 15) is 0 Å². The fourth-order valence-corrected chi connectivity index (χ4v) is 2.29. The van der Waals surface area contributed by atoms with Gasteiger partial charge in [0.1, 0.15) is 0 Å². The topological polar surface area (TPSA) is 29.9 Å². The standard InChI is InChI=1S/C16H23N3/c1-11(2)17-9-14-10-19(5)18-16(14)15-7-6-12(3)8-13(15)4/h6-8,10-11,17H,9H2,1-5H3. The molecule has 2 aromatic rings. The van der Waals surface area contributed by atoms with E-state index in [0.717, 1.165) is 12.2 Å². The maximum atomic E-state index is 4.63. The molecule has 3 heteroatoms. The van der Waals surface area contributed by atoms with E-state index in [0.29, 0.717) is 6.04 Å². The van der Waals surface area contributed by atoms with Crippen molar-refractivity contribution in [3.05, 3.63) is 41.1 Å². The summed E-state index contributed by atoms with van der Waals surface area (Å²) < 4.78 is 1.89. The first-order chi connectivity index (χ1) is 8.97. The Balaban J connectivity index is 2.38. The summed E-state index contributed by atoms with van der Waals surface area (Å²) in [5.41, 5.74) is 6.14. The maximum absolute atomic E-state index is 4.63. The zero-order valence-corrected chi connectivity index (χ0v) is 12.5. The van der Waals surface area contributed by atoms with Crippen molar-refractivity contribution < 1.29 is 0 Å². The molecule has 0 aliphatic rings. The summed E-state index contributed by atoms with van der Waals surface area (Å²) in [5, 5.41) is 8.09. The fraction of sp³-hybridized carbons (Fsp3) is 0.438. The van der Waals surface area contributed by atoms with E-state index in [4.69, 9.17) is 0 Å². The molecule has 19 heavy (non-hydrogen) atoms. The number of nitrogens with one attached hydrogen (secondary N) is 1. The van der Waals surface area contributed by atoms with E-state index >= 15 is 0 Å². The second kappa shape index (κ2) is 5.57. The second-order valence-corrected chi connectivity index (χ2v) is 5.53. The maximum Gasteiger partial charge on any atom is 0.0970 e. The van der Waals surface area contributed by atoms with Crippen molar-refractivity contribution in [3.63, 3.8) is 0 Å². The van der Waals surface area contributed by atoms with Gasteiger partial charge in [0.15, 0.2) is 0 Å². The summed E-state index contributed by atoms with van der Waals surface area (Å²) >= 11 is 0. The molecule has 0 spiro atoms. The van der Waals surface area contributed by atoms with Crippen LogP contribution in [-0.2, 0) is 13.6 Å². The van der Waals surface area contributed by atoms with Crippen LogP contribution in [0.2, 0.25) is 0 Å². The Hall–Kier alpha value is -1.61. The van der Waals surface area contributed by atoms with Crippen molar-refractivity contribution >= 4 is 0 Å². The van der Waals surface area contributed by atoms with Gasteiger partial charge in [-0.25, -0.2) is 0 Å². The van der Waals surface area contributed by atoms with E-state index in [2.05, 4.69) is 62.5 Å². The summed E-state index contributed by atoms with van der Waals surface area (Å²) in [6.07, 6.45) is 2.10. The predicted octanol–water partition coefficient (Wildman–Crippen LogP) is 3.20. The molecule has 102 valence electrons. The van der Waals surface area contributed by atoms with Crippen LogP contribution in [0.1, 0.15) is 30.5 Å². The Morgan fingerprint density at radius 1 is 1.26 bits per heavy atom. The van der Waals surface area contributed by atoms with Crippen molar-refractivity contribution in [1.29, 1.82) is 0 Å². The summed E-state index contributed by atoms with van der Waals surface area (Å²) in [6, 6.07) is 7.01. The van der Waals surface area contributed by atoms with Gasteiger partial charge in [-0.2, -0.15) is 5.10 Å². The molecule has 0 unspecified atom stereocenters. The van der Waals surface area contributed by atoms with E-state index in [1.807, 2.05) is 11.7 Å². The Morgan fingerprint density at radius 2 is 2.00 bits per heavy atom. The summed E-state index contributed by atoms with van der Waals surface area (Å²) in [6.45, 7) is 9.45. The van der Waals surface area contributed by atoms with Crippen molar-refractivity contribution in [1.82, 2.24) is 15.1 Å². The van der Waals surface area contributed by atoms with Crippen LogP contribution in [0, 0.1) is 13.8 Å². The molecule has 2 rings (SSSR count). The lowest BCUT2D eigenvalue weighted by atomic mass is 10.0. The van der Waals surface area contributed by atoms with Gasteiger partial charge in [0.2, 0.25) is 0 Å². The summed E-state index contributed by atoms with van der Waals surface area (Å²) in [4.78, 5) is 0. The van der Waals surface area contributed by atoms with Crippen LogP contribution in [0.3, 0.4) is 0 Å². The van der Waals surface area contributed by atoms with E-state index in [-0.39, 0.29) is 0 Å². The van der Waals surface area contributed by atoms with E-state index in [1.165, 1.54) is 22.3 Å². The molecule has 0 saturated heterocycles. The largest absolute Gasteiger partial charge is 0.310 e. The van der Waals surface area contributed by atoms with Crippen molar-refractivity contribution in [2.75, 3.05) is 0 Å². The van der Waals surface area contributed by atoms with Gasteiger partial charge >= 0.3 is 0 Å². The minimum Gasteiger partial charge on any atom is -0.310 e. The van der Waals surface area contributed by atoms with Gasteiger partial charge in [-0.3, -0.25) is 4.68 Å². The van der Waals surface area contributed by atoms with E-state index < -0.39 is 0 Å². The Bertz CT molecular complexity index is 567. The van der Waals surface area contributed by atoms with Crippen LogP contribution < -0.4 is 5.32 Å². The van der Waals surface area contributed by atoms with Gasteiger partial charge in [-0.05, 0) is 19.4 Å². The molecule has 1 aromatic carbocycles. The molecule has 0 atom stereocenters. The monoisotopic (exact) mass is 257 g/mol. The zero-order chi connectivity index (χ0) is 14.0. The zero-order valence-electron chi connectivity index (χ0n) is 12.5. The molecule has 0 bridgehead atoms. The number of benzene rings is 1. The summed E-state index contributed by atoms with van der Waals surface area (Å²) in [5.74, 6) is 0. The fourth-order valence-electron chi connectivity index (χ4n) is 2.29. The normalized spacial score (nSPS) is 11.3. The van der Waals surface area contributed by atoms with Crippen LogP contribution in [0.15, 0.2) is 24.4 Å². The smallest absolute Gasteiger partial charge is 0.0970 e. The number of rotatable bonds is 4. The van der Waals surface area contributed by atoms with Crippen LogP contribution in [-0.4, -0.2) is 15.8 Å². The van der Waals surface area contributed by atoms with Gasteiger partial charge in [-0.1, -0.05) is 37.6 Å². The molecule has 0 amide bonds. The molecule has 0 fully saturated rings. The molecule has 0 aliphatic heterocycles. The third-order valence-corrected chi connectivity index (χ3v) is 3.24. The molecule has 1 heterocycles. The highest BCUT2D eigenvalue weighted by Crippen LogP contribution is 2.26. The molecular weight excluding hydrogens is 234 g/mol. The Labute approximate surface area is 115 Å². The molecule has 1 aromatic heterocycles. The van der Waals surface area contributed by atoms with Crippen LogP contribution in [0.5, 0.6) is 0 Å². The lowest BCUT2D eigenvalue weighted by molar-refractivity contribution is 0.589. The summed E-state index contributed by atoms with van der Waals surface area (Å²) in [7, 11) is 1.98. The minimum atomic E-state index is 0.479. The van der Waals surface area contributed by atoms with Gasteiger partial charge in [-0.15, -0.1) is 0 Å². The molecule has 0 saturated carbocycles. The number of aromatic nitrogens is 2. The molecule has 3 nitrogen and oxygen atoms in total. The first-order valence-corrected chi connectivity index (χ1v) is 6.81. The first-order valence-electron chi connectivity index (χ1n) is 6.81. The number of hydrogen-bond acceptors (Lipinski definition) is 2. The molecule has 0 radical (unpaired) electrons. The first kappa shape index (κ1) is 13.8. The average Bonchev–Trinajstić information content (AvgIpc) is 2.67. The lowest BCUT2D eigenvalue weighted by Gasteiger charge is -2.09. The van der Waals surface area contributed by atoms with Crippen molar-refractivity contribution in [2.24, 2.45) is 7.05 Å². The average molecular weight is 257 g/mol. The quantitative estimate of drug-likeness (QED) is 0.911. The van der Waals surface area contributed by atoms with Crippen LogP contribution in [0.25, 0.3) is 11.3 Å². The number of hydrogen-bond donors (Lipinski definition) is 1. The minimum absolute atomic E-state index is 0.479. The highest BCUT2D eigenvalue weighted by Gasteiger charge is 2.12. The van der Waals surface area contributed by atoms with Gasteiger partial charge < -0.3 is 5.32 Å². The third-order valence-electron chi connectivity index (χ3n) is 3.24. The van der Waals surface area contributed by atoms with E-state index in [1.54, 1.807) is 0 Å². The Morgan fingerprint density at radius 3 is 2.63 bits per heavy atom.